The lowest BCUT2D eigenvalue weighted by Gasteiger charge is -2.09. The van der Waals surface area contributed by atoms with E-state index in [2.05, 4.69) is 4.85 Å². The van der Waals surface area contributed by atoms with E-state index in [1.54, 1.807) is 0 Å². The molecule has 0 saturated heterocycles. The summed E-state index contributed by atoms with van der Waals surface area (Å²) < 4.78 is 13.4. The van der Waals surface area contributed by atoms with Crippen LogP contribution >= 0.6 is 0 Å². The van der Waals surface area contributed by atoms with Gasteiger partial charge in [-0.15, -0.1) is 0 Å². The Hall–Kier alpha value is -1.87. The second kappa shape index (κ2) is 3.89. The molecule has 1 rings (SSSR count). The highest BCUT2D eigenvalue weighted by molar-refractivity contribution is 5.54. The third-order valence-corrected chi connectivity index (χ3v) is 1.94. The highest BCUT2D eigenvalue weighted by Crippen LogP contribution is 2.27. The molecule has 14 heavy (non-hydrogen) atoms. The molecule has 1 aromatic carbocycles. The zero-order chi connectivity index (χ0) is 10.7. The molecular weight excluding hydrogens is 179 g/mol. The Labute approximate surface area is 82.4 Å². The van der Waals surface area contributed by atoms with E-state index in [0.717, 1.165) is 0 Å². The molecule has 0 bridgehead atoms. The van der Waals surface area contributed by atoms with E-state index in [4.69, 9.17) is 11.8 Å². The second-order valence-electron chi connectivity index (χ2n) is 3.27. The summed E-state index contributed by atoms with van der Waals surface area (Å²) in [4.78, 5) is 3.10. The number of hydrogen-bond acceptors (Lipinski definition) is 1. The van der Waals surface area contributed by atoms with Crippen molar-refractivity contribution in [3.05, 3.63) is 40.5 Å². The summed E-state index contributed by atoms with van der Waals surface area (Å²) in [6, 6.07) is 4.50. The summed E-state index contributed by atoms with van der Waals surface area (Å²) in [5.74, 6) is -0.519. The molecular formula is C11H9FN2. The Kier molecular flexibility index (Phi) is 2.84. The summed E-state index contributed by atoms with van der Waals surface area (Å²) in [6.07, 6.45) is 0. The third-order valence-electron chi connectivity index (χ3n) is 1.94. The minimum absolute atomic E-state index is 0.0515. The predicted molar refractivity (Wildman–Crippen MR) is 51.5 cm³/mol. The van der Waals surface area contributed by atoms with Crippen LogP contribution in [0.15, 0.2) is 12.1 Å². The van der Waals surface area contributed by atoms with Crippen LogP contribution in [0.1, 0.15) is 30.9 Å². The van der Waals surface area contributed by atoms with Gasteiger partial charge in [0.2, 0.25) is 0 Å². The van der Waals surface area contributed by atoms with E-state index in [1.165, 1.54) is 12.1 Å². The van der Waals surface area contributed by atoms with E-state index in [-0.39, 0.29) is 17.2 Å². The van der Waals surface area contributed by atoms with Crippen molar-refractivity contribution >= 4 is 5.69 Å². The molecule has 0 aliphatic heterocycles. The number of nitrogens with zero attached hydrogens (tertiary/aromatic N) is 2. The smallest absolute Gasteiger partial charge is 0.191 e. The standard InChI is InChI=1S/C11H9FN2/c1-7(2)11-8(6-13)4-9(14-3)5-10(11)12/h4-5,7H,1-2H3. The molecule has 0 radical (unpaired) electrons. The summed E-state index contributed by atoms with van der Waals surface area (Å²) in [7, 11) is 0. The maximum absolute atomic E-state index is 13.4. The molecule has 3 heteroatoms. The molecule has 0 aromatic heterocycles. The van der Waals surface area contributed by atoms with Crippen molar-refractivity contribution in [1.82, 2.24) is 0 Å². The first-order valence-corrected chi connectivity index (χ1v) is 4.21. The number of rotatable bonds is 1. The van der Waals surface area contributed by atoms with Gasteiger partial charge in [0.1, 0.15) is 5.82 Å². The Morgan fingerprint density at radius 1 is 1.50 bits per heavy atom. The summed E-state index contributed by atoms with van der Waals surface area (Å²) in [5, 5.41) is 8.79. The lowest BCUT2D eigenvalue weighted by Crippen LogP contribution is -1.97. The van der Waals surface area contributed by atoms with Gasteiger partial charge in [-0.05, 0) is 18.1 Å². The maximum atomic E-state index is 13.4. The monoisotopic (exact) mass is 188 g/mol. The van der Waals surface area contributed by atoms with Crippen molar-refractivity contribution in [3.63, 3.8) is 0 Å². The van der Waals surface area contributed by atoms with Crippen LogP contribution in [0.5, 0.6) is 0 Å². The number of hydrogen-bond donors (Lipinski definition) is 0. The van der Waals surface area contributed by atoms with Gasteiger partial charge in [0.05, 0.1) is 12.6 Å². The normalized spacial score (nSPS) is 9.57. The van der Waals surface area contributed by atoms with Crippen LogP contribution < -0.4 is 0 Å². The minimum atomic E-state index is -0.468. The molecule has 0 spiro atoms. The lowest BCUT2D eigenvalue weighted by atomic mass is 9.96. The molecule has 0 aliphatic rings. The Morgan fingerprint density at radius 3 is 2.57 bits per heavy atom. The van der Waals surface area contributed by atoms with Crippen molar-refractivity contribution in [2.45, 2.75) is 19.8 Å². The van der Waals surface area contributed by atoms with Crippen molar-refractivity contribution < 1.29 is 4.39 Å². The Morgan fingerprint density at radius 2 is 2.14 bits per heavy atom. The van der Waals surface area contributed by atoms with Gasteiger partial charge in [-0.3, -0.25) is 0 Å². The summed E-state index contributed by atoms with van der Waals surface area (Å²) in [5.41, 5.74) is 0.814. The first-order chi connectivity index (χ1) is 6.60. The molecule has 0 fully saturated rings. The highest BCUT2D eigenvalue weighted by Gasteiger charge is 2.13. The van der Waals surface area contributed by atoms with Crippen LogP contribution in [0, 0.1) is 23.7 Å². The van der Waals surface area contributed by atoms with Gasteiger partial charge in [-0.25, -0.2) is 9.24 Å². The molecule has 0 heterocycles. The first-order valence-electron chi connectivity index (χ1n) is 4.21. The van der Waals surface area contributed by atoms with Gasteiger partial charge in [-0.2, -0.15) is 5.26 Å². The van der Waals surface area contributed by atoms with E-state index < -0.39 is 5.82 Å². The van der Waals surface area contributed by atoms with E-state index in [0.29, 0.717) is 5.56 Å². The van der Waals surface area contributed by atoms with Gasteiger partial charge in [0, 0.05) is 11.1 Å². The second-order valence-corrected chi connectivity index (χ2v) is 3.27. The van der Waals surface area contributed by atoms with Crippen LogP contribution in [-0.2, 0) is 0 Å². The van der Waals surface area contributed by atoms with E-state index in [1.807, 2.05) is 19.9 Å². The van der Waals surface area contributed by atoms with Crippen LogP contribution in [0.4, 0.5) is 10.1 Å². The fourth-order valence-corrected chi connectivity index (χ4v) is 1.35. The topological polar surface area (TPSA) is 28.1 Å². The number of benzene rings is 1. The largest absolute Gasteiger partial charge is 0.238 e. The summed E-state index contributed by atoms with van der Waals surface area (Å²) >= 11 is 0. The Balaban J connectivity index is 3.46. The van der Waals surface area contributed by atoms with Gasteiger partial charge >= 0.3 is 0 Å². The molecule has 2 nitrogen and oxygen atoms in total. The molecule has 0 aliphatic carbocycles. The molecule has 0 N–H and O–H groups in total. The molecule has 1 aromatic rings. The van der Waals surface area contributed by atoms with Crippen LogP contribution in [-0.4, -0.2) is 0 Å². The number of halogens is 1. The zero-order valence-corrected chi connectivity index (χ0v) is 8.00. The number of nitriles is 1. The van der Waals surface area contributed by atoms with Crippen molar-refractivity contribution in [2.24, 2.45) is 0 Å². The maximum Gasteiger partial charge on any atom is 0.191 e. The molecule has 0 saturated carbocycles. The first kappa shape index (κ1) is 10.2. The van der Waals surface area contributed by atoms with Crippen molar-refractivity contribution in [1.29, 1.82) is 5.26 Å². The average Bonchev–Trinajstić information content (AvgIpc) is 2.15. The lowest BCUT2D eigenvalue weighted by molar-refractivity contribution is 0.598. The quantitative estimate of drug-likeness (QED) is 0.621. The SMILES string of the molecule is [C-]#[N+]c1cc(F)c(C(C)C)c(C#N)c1. The fraction of sp³-hybridized carbons (Fsp3) is 0.273. The fourth-order valence-electron chi connectivity index (χ4n) is 1.35. The average molecular weight is 188 g/mol. The minimum Gasteiger partial charge on any atom is -0.238 e. The van der Waals surface area contributed by atoms with Crippen LogP contribution in [0.3, 0.4) is 0 Å². The van der Waals surface area contributed by atoms with Gasteiger partial charge < -0.3 is 0 Å². The van der Waals surface area contributed by atoms with E-state index in [9.17, 15) is 4.39 Å². The van der Waals surface area contributed by atoms with Gasteiger partial charge in [0.15, 0.2) is 5.69 Å². The zero-order valence-electron chi connectivity index (χ0n) is 8.00. The van der Waals surface area contributed by atoms with E-state index >= 15 is 0 Å². The van der Waals surface area contributed by atoms with Crippen LogP contribution in [0.25, 0.3) is 4.85 Å². The summed E-state index contributed by atoms with van der Waals surface area (Å²) in [6.45, 7) is 10.4. The van der Waals surface area contributed by atoms with Gasteiger partial charge in [0.25, 0.3) is 0 Å². The van der Waals surface area contributed by atoms with Crippen molar-refractivity contribution in [2.75, 3.05) is 0 Å². The Bertz CT molecular complexity index is 436. The predicted octanol–water partition coefficient (Wildman–Crippen LogP) is 3.37. The molecule has 70 valence electrons. The molecule has 0 unspecified atom stereocenters. The third kappa shape index (κ3) is 1.72. The van der Waals surface area contributed by atoms with Crippen molar-refractivity contribution in [3.8, 4) is 6.07 Å². The molecule has 0 amide bonds. The molecule has 0 atom stereocenters. The van der Waals surface area contributed by atoms with Crippen LogP contribution in [0.2, 0.25) is 0 Å². The highest BCUT2D eigenvalue weighted by atomic mass is 19.1. The van der Waals surface area contributed by atoms with Gasteiger partial charge in [-0.1, -0.05) is 13.8 Å².